The Morgan fingerprint density at radius 3 is 2.68 bits per heavy atom. The number of benzene rings is 2. The van der Waals surface area contributed by atoms with Gasteiger partial charge in [-0.1, -0.05) is 30.4 Å². The van der Waals surface area contributed by atoms with Crippen molar-refractivity contribution in [2.75, 3.05) is 10.6 Å². The lowest BCUT2D eigenvalue weighted by atomic mass is 9.98. The maximum absolute atomic E-state index is 13.0. The highest BCUT2D eigenvalue weighted by Gasteiger charge is 2.31. The van der Waals surface area contributed by atoms with Crippen LogP contribution in [0.25, 0.3) is 10.3 Å². The Kier molecular flexibility index (Phi) is 7.75. The number of nitrogens with one attached hydrogen (secondary N) is 2. The van der Waals surface area contributed by atoms with Gasteiger partial charge in [0.15, 0.2) is 5.13 Å². The van der Waals surface area contributed by atoms with E-state index in [4.69, 9.17) is 9.47 Å². The van der Waals surface area contributed by atoms with Crippen LogP contribution in [0.1, 0.15) is 34.8 Å². The zero-order valence-corrected chi connectivity index (χ0v) is 22.6. The Morgan fingerprint density at radius 2 is 1.88 bits per heavy atom. The fourth-order valence-electron chi connectivity index (χ4n) is 3.97. The summed E-state index contributed by atoms with van der Waals surface area (Å²) < 4.78 is 50.3. The Balaban J connectivity index is 1.30. The van der Waals surface area contributed by atoms with Crippen LogP contribution < -0.4 is 15.4 Å². The highest BCUT2D eigenvalue weighted by atomic mass is 32.1. The number of allylic oxidation sites excluding steroid dienone is 1. The first-order valence-electron chi connectivity index (χ1n) is 12.4. The molecule has 1 aliphatic rings. The third kappa shape index (κ3) is 6.55. The monoisotopic (exact) mass is 580 g/mol. The topological polar surface area (TPSA) is 102 Å². The lowest BCUT2D eigenvalue weighted by Crippen LogP contribution is -2.18. The molecule has 0 aliphatic carbocycles. The third-order valence-corrected chi connectivity index (χ3v) is 7.10. The first-order valence-corrected chi connectivity index (χ1v) is 13.2. The van der Waals surface area contributed by atoms with E-state index in [-0.39, 0.29) is 23.3 Å². The largest absolute Gasteiger partial charge is 0.472 e. The minimum absolute atomic E-state index is 0.0184. The van der Waals surface area contributed by atoms with Crippen LogP contribution in [0, 0.1) is 12.8 Å². The number of fused-ring (bicyclic) bond motifs is 1. The molecule has 12 heteroatoms. The minimum atomic E-state index is -4.56. The van der Waals surface area contributed by atoms with Crippen LogP contribution in [0.4, 0.5) is 24.0 Å². The molecule has 2 aromatic heterocycles. The molecule has 0 fully saturated rings. The van der Waals surface area contributed by atoms with Crippen LogP contribution in [0.5, 0.6) is 11.6 Å². The van der Waals surface area contributed by atoms with Gasteiger partial charge in [0.1, 0.15) is 16.1 Å². The second-order valence-electron chi connectivity index (χ2n) is 9.28. The third-order valence-electron chi connectivity index (χ3n) is 6.22. The molecule has 3 heterocycles. The molecule has 2 aromatic carbocycles. The molecule has 2 amide bonds. The van der Waals surface area contributed by atoms with Gasteiger partial charge >= 0.3 is 6.18 Å². The van der Waals surface area contributed by atoms with Crippen LogP contribution >= 0.6 is 11.3 Å². The van der Waals surface area contributed by atoms with Crippen molar-refractivity contribution in [3.63, 3.8) is 0 Å². The number of hydrogen-bond acceptors (Lipinski definition) is 7. The average Bonchev–Trinajstić information content (AvgIpc) is 3.19. The fraction of sp³-hybridized carbons (Fsp3) is 0.172. The molecule has 1 atom stereocenters. The number of aryl methyl sites for hydroxylation is 1. The Bertz CT molecular complexity index is 1700. The maximum atomic E-state index is 13.0. The fourth-order valence-corrected chi connectivity index (χ4v) is 4.79. The van der Waals surface area contributed by atoms with Crippen LogP contribution in [-0.4, -0.2) is 21.8 Å². The predicted octanol–water partition coefficient (Wildman–Crippen LogP) is 7.46. The summed E-state index contributed by atoms with van der Waals surface area (Å²) in [5.74, 6) is -0.379. The number of rotatable bonds is 6. The smallest absolute Gasteiger partial charge is 0.416 e. The highest BCUT2D eigenvalue weighted by Crippen LogP contribution is 2.32. The quantitative estimate of drug-likeness (QED) is 0.246. The van der Waals surface area contributed by atoms with Gasteiger partial charge < -0.3 is 14.8 Å². The van der Waals surface area contributed by atoms with E-state index in [1.54, 1.807) is 43.5 Å². The van der Waals surface area contributed by atoms with Crippen molar-refractivity contribution < 1.29 is 32.2 Å². The molecule has 0 radical (unpaired) electrons. The number of halogens is 3. The summed E-state index contributed by atoms with van der Waals surface area (Å²) in [4.78, 5) is 34.8. The molecule has 210 valence electrons. The number of alkyl halides is 3. The number of hydrogen-bond donors (Lipinski definition) is 2. The molecule has 1 aliphatic heterocycles. The SMILES string of the molecule is Cc1ccc(NC(=O)c2cccc(C(F)(F)F)c2)cc1Oc1ccc2nc(NC(=O)C3=COC=CCC3C)sc2n1. The predicted molar refractivity (Wildman–Crippen MR) is 149 cm³/mol. The summed E-state index contributed by atoms with van der Waals surface area (Å²) in [6.07, 6.45) is 0.946. The number of carbonyl (C=O) groups is 2. The van der Waals surface area contributed by atoms with Gasteiger partial charge in [-0.05, 0) is 61.2 Å². The normalized spacial score (nSPS) is 15.0. The minimum Gasteiger partial charge on any atom is -0.472 e. The van der Waals surface area contributed by atoms with Crippen LogP contribution in [0.2, 0.25) is 0 Å². The van der Waals surface area contributed by atoms with Gasteiger partial charge in [0.25, 0.3) is 11.8 Å². The van der Waals surface area contributed by atoms with E-state index >= 15 is 0 Å². The Morgan fingerprint density at radius 1 is 1.05 bits per heavy atom. The number of pyridine rings is 1. The lowest BCUT2D eigenvalue weighted by molar-refractivity contribution is -0.137. The first kappa shape index (κ1) is 27.8. The van der Waals surface area contributed by atoms with Gasteiger partial charge in [-0.3, -0.25) is 14.9 Å². The van der Waals surface area contributed by atoms with E-state index in [0.29, 0.717) is 38.9 Å². The van der Waals surface area contributed by atoms with Crippen LogP contribution in [0.3, 0.4) is 0 Å². The Hall–Kier alpha value is -4.71. The average molecular weight is 581 g/mol. The molecule has 1 unspecified atom stereocenters. The second kappa shape index (κ2) is 11.4. The van der Waals surface area contributed by atoms with Gasteiger partial charge in [-0.15, -0.1) is 0 Å². The number of ether oxygens (including phenoxy) is 2. The number of nitrogens with zero attached hydrogens (tertiary/aromatic N) is 2. The molecular weight excluding hydrogens is 557 g/mol. The highest BCUT2D eigenvalue weighted by molar-refractivity contribution is 7.22. The van der Waals surface area contributed by atoms with Gasteiger partial charge in [-0.25, -0.2) is 9.97 Å². The summed E-state index contributed by atoms with van der Waals surface area (Å²) in [6, 6.07) is 12.4. The summed E-state index contributed by atoms with van der Waals surface area (Å²) in [5.41, 5.74) is 1.10. The molecule has 41 heavy (non-hydrogen) atoms. The van der Waals surface area contributed by atoms with Crippen molar-refractivity contribution in [2.45, 2.75) is 26.4 Å². The molecule has 8 nitrogen and oxygen atoms in total. The van der Waals surface area contributed by atoms with E-state index < -0.39 is 17.6 Å². The number of aromatic nitrogens is 2. The van der Waals surface area contributed by atoms with E-state index in [0.717, 1.165) is 17.7 Å². The van der Waals surface area contributed by atoms with Crippen molar-refractivity contribution in [1.29, 1.82) is 0 Å². The second-order valence-corrected chi connectivity index (χ2v) is 10.3. The van der Waals surface area contributed by atoms with Gasteiger partial charge in [0, 0.05) is 23.4 Å². The number of carbonyl (C=O) groups excluding carboxylic acids is 2. The molecule has 0 spiro atoms. The Labute approximate surface area is 236 Å². The molecule has 4 aromatic rings. The van der Waals surface area contributed by atoms with Crippen molar-refractivity contribution in [1.82, 2.24) is 9.97 Å². The van der Waals surface area contributed by atoms with Gasteiger partial charge in [0.2, 0.25) is 5.88 Å². The molecule has 0 bridgehead atoms. The lowest BCUT2D eigenvalue weighted by Gasteiger charge is -2.12. The van der Waals surface area contributed by atoms with Crippen molar-refractivity contribution >= 4 is 44.3 Å². The van der Waals surface area contributed by atoms with E-state index in [1.807, 2.05) is 13.0 Å². The molecule has 2 N–H and O–H groups in total. The molecule has 5 rings (SSSR count). The standard InChI is InChI=1S/C29H23F3N4O4S/c1-16-5-4-12-39-15-21(16)26(38)36-28-34-22-10-11-24(35-27(22)41-28)40-23-14-20(9-8-17(23)2)33-25(37)18-6-3-7-19(13-18)29(30,31)32/h3-4,6-16H,5H2,1-2H3,(H,33,37)(H,34,36,38). The number of amides is 2. The summed E-state index contributed by atoms with van der Waals surface area (Å²) >= 11 is 1.18. The maximum Gasteiger partial charge on any atom is 0.416 e. The summed E-state index contributed by atoms with van der Waals surface area (Å²) in [5, 5.41) is 5.77. The van der Waals surface area contributed by atoms with Crippen LogP contribution in [0.15, 0.2) is 78.8 Å². The van der Waals surface area contributed by atoms with Gasteiger partial charge in [-0.2, -0.15) is 13.2 Å². The summed E-state index contributed by atoms with van der Waals surface area (Å²) in [6.45, 7) is 3.73. The number of anilines is 2. The summed E-state index contributed by atoms with van der Waals surface area (Å²) in [7, 11) is 0. The van der Waals surface area contributed by atoms with Crippen molar-refractivity contribution in [2.24, 2.45) is 5.92 Å². The van der Waals surface area contributed by atoms with Crippen LogP contribution in [-0.2, 0) is 15.7 Å². The first-order chi connectivity index (χ1) is 19.6. The van der Waals surface area contributed by atoms with Crippen molar-refractivity contribution in [3.8, 4) is 11.6 Å². The van der Waals surface area contributed by atoms with E-state index in [2.05, 4.69) is 20.6 Å². The van der Waals surface area contributed by atoms with E-state index in [9.17, 15) is 22.8 Å². The zero-order chi connectivity index (χ0) is 29.1. The van der Waals surface area contributed by atoms with E-state index in [1.165, 1.54) is 29.7 Å². The molecule has 0 saturated heterocycles. The zero-order valence-electron chi connectivity index (χ0n) is 21.8. The number of thiazole rings is 1. The molecular formula is C29H23F3N4O4S. The van der Waals surface area contributed by atoms with Crippen molar-refractivity contribution in [3.05, 3.63) is 95.5 Å². The van der Waals surface area contributed by atoms with Gasteiger partial charge in [0.05, 0.1) is 23.7 Å². The molecule has 0 saturated carbocycles.